The molecule has 1 spiro atoms. The third kappa shape index (κ3) is 3.27. The molecule has 1 atom stereocenters. The van der Waals surface area contributed by atoms with Gasteiger partial charge in [-0.1, -0.05) is 0 Å². The Hall–Kier alpha value is -2.89. The van der Waals surface area contributed by atoms with Crippen molar-refractivity contribution in [3.05, 3.63) is 59.9 Å². The van der Waals surface area contributed by atoms with Crippen molar-refractivity contribution in [2.75, 3.05) is 31.6 Å². The second-order valence-corrected chi connectivity index (χ2v) is 7.34. The maximum absolute atomic E-state index is 13.1. The van der Waals surface area contributed by atoms with Gasteiger partial charge < -0.3 is 14.5 Å². The highest BCUT2D eigenvalue weighted by atomic mass is 19.1. The lowest BCUT2D eigenvalue weighted by atomic mass is 9.86. The summed E-state index contributed by atoms with van der Waals surface area (Å²) < 4.78 is 18.3. The number of carbonyl (C=O) groups is 2. The monoisotopic (exact) mass is 368 g/mol. The van der Waals surface area contributed by atoms with Gasteiger partial charge in [-0.15, -0.1) is 0 Å². The number of anilines is 1. The first-order valence-corrected chi connectivity index (χ1v) is 8.99. The largest absolute Gasteiger partial charge is 0.497 e. The van der Waals surface area contributed by atoms with Crippen molar-refractivity contribution in [2.24, 2.45) is 5.41 Å². The predicted molar refractivity (Wildman–Crippen MR) is 99.3 cm³/mol. The minimum Gasteiger partial charge on any atom is -0.497 e. The van der Waals surface area contributed by atoms with Gasteiger partial charge in [0.25, 0.3) is 5.91 Å². The zero-order valence-electron chi connectivity index (χ0n) is 15.2. The smallest absolute Gasteiger partial charge is 0.253 e. The first kappa shape index (κ1) is 17.5. The average molecular weight is 368 g/mol. The molecule has 2 aromatic carbocycles. The molecule has 2 heterocycles. The molecule has 5 nitrogen and oxygen atoms in total. The van der Waals surface area contributed by atoms with Gasteiger partial charge in [-0.05, 0) is 55.0 Å². The topological polar surface area (TPSA) is 49.9 Å². The average Bonchev–Trinajstić information content (AvgIpc) is 3.25. The van der Waals surface area contributed by atoms with Gasteiger partial charge in [0.2, 0.25) is 5.91 Å². The van der Waals surface area contributed by atoms with Crippen LogP contribution in [0.25, 0.3) is 0 Å². The number of likely N-dealkylation sites (tertiary alicyclic amines) is 1. The molecule has 0 aliphatic carbocycles. The van der Waals surface area contributed by atoms with Crippen molar-refractivity contribution < 1.29 is 18.7 Å². The van der Waals surface area contributed by atoms with Crippen LogP contribution in [0.2, 0.25) is 0 Å². The van der Waals surface area contributed by atoms with Crippen LogP contribution in [0.1, 0.15) is 23.2 Å². The summed E-state index contributed by atoms with van der Waals surface area (Å²) in [5, 5.41) is 0. The second-order valence-electron chi connectivity index (χ2n) is 7.34. The standard InChI is InChI=1S/C21H21FN2O3/c1-27-18-8-6-17(7-9-18)24-14-21(12-19(24)25)10-11-23(13-21)20(26)15-2-4-16(22)5-3-15/h2-9H,10-14H2,1H3/t21-/m0/s1. The number of rotatable bonds is 3. The first-order valence-electron chi connectivity index (χ1n) is 8.99. The van der Waals surface area contributed by atoms with E-state index in [1.807, 2.05) is 24.3 Å². The third-order valence-electron chi connectivity index (χ3n) is 5.52. The van der Waals surface area contributed by atoms with Crippen molar-refractivity contribution in [3.8, 4) is 5.75 Å². The molecule has 2 aromatic rings. The van der Waals surface area contributed by atoms with Gasteiger partial charge in [0, 0.05) is 42.7 Å². The van der Waals surface area contributed by atoms with E-state index < -0.39 is 0 Å². The molecule has 2 fully saturated rings. The predicted octanol–water partition coefficient (Wildman–Crippen LogP) is 3.10. The van der Waals surface area contributed by atoms with E-state index in [-0.39, 0.29) is 23.0 Å². The van der Waals surface area contributed by atoms with Crippen molar-refractivity contribution in [1.29, 1.82) is 0 Å². The Morgan fingerprint density at radius 2 is 1.78 bits per heavy atom. The highest BCUT2D eigenvalue weighted by Crippen LogP contribution is 2.42. The van der Waals surface area contributed by atoms with E-state index in [0.29, 0.717) is 31.6 Å². The third-order valence-corrected chi connectivity index (χ3v) is 5.52. The molecule has 2 amide bonds. The maximum Gasteiger partial charge on any atom is 0.253 e. The lowest BCUT2D eigenvalue weighted by Crippen LogP contribution is -2.34. The van der Waals surface area contributed by atoms with E-state index in [0.717, 1.165) is 17.9 Å². The molecule has 2 aliphatic rings. The highest BCUT2D eigenvalue weighted by molar-refractivity contribution is 5.97. The van der Waals surface area contributed by atoms with Crippen LogP contribution in [-0.4, -0.2) is 43.5 Å². The molecule has 0 bridgehead atoms. The summed E-state index contributed by atoms with van der Waals surface area (Å²) in [6.45, 7) is 1.76. The van der Waals surface area contributed by atoms with Crippen molar-refractivity contribution in [3.63, 3.8) is 0 Å². The van der Waals surface area contributed by atoms with Crippen LogP contribution in [0.4, 0.5) is 10.1 Å². The number of ether oxygens (including phenoxy) is 1. The van der Waals surface area contributed by atoms with Gasteiger partial charge in [0.15, 0.2) is 0 Å². The minimum absolute atomic E-state index is 0.0799. The summed E-state index contributed by atoms with van der Waals surface area (Å²) in [6.07, 6.45) is 1.23. The number of methoxy groups -OCH3 is 1. The van der Waals surface area contributed by atoms with Gasteiger partial charge in [-0.25, -0.2) is 4.39 Å². The fourth-order valence-corrected chi connectivity index (χ4v) is 4.05. The zero-order chi connectivity index (χ0) is 19.0. The normalized spacial score (nSPS) is 21.9. The summed E-state index contributed by atoms with van der Waals surface area (Å²) in [5.74, 6) is 0.358. The highest BCUT2D eigenvalue weighted by Gasteiger charge is 2.48. The second kappa shape index (κ2) is 6.68. The molecule has 2 aliphatic heterocycles. The summed E-state index contributed by atoms with van der Waals surface area (Å²) in [6, 6.07) is 13.0. The SMILES string of the molecule is COc1ccc(N2C[C@@]3(CCN(C(=O)c4ccc(F)cc4)C3)CC2=O)cc1. The lowest BCUT2D eigenvalue weighted by Gasteiger charge is -2.24. The Kier molecular flexibility index (Phi) is 4.34. The van der Waals surface area contributed by atoms with Crippen LogP contribution in [0.5, 0.6) is 5.75 Å². The Morgan fingerprint density at radius 3 is 2.44 bits per heavy atom. The molecule has 6 heteroatoms. The van der Waals surface area contributed by atoms with Gasteiger partial charge >= 0.3 is 0 Å². The summed E-state index contributed by atoms with van der Waals surface area (Å²) in [5.41, 5.74) is 1.11. The molecule has 0 unspecified atom stereocenters. The van der Waals surface area contributed by atoms with E-state index in [1.165, 1.54) is 24.3 Å². The van der Waals surface area contributed by atoms with Crippen molar-refractivity contribution >= 4 is 17.5 Å². The van der Waals surface area contributed by atoms with Crippen molar-refractivity contribution in [2.45, 2.75) is 12.8 Å². The van der Waals surface area contributed by atoms with E-state index in [4.69, 9.17) is 4.74 Å². The van der Waals surface area contributed by atoms with Gasteiger partial charge in [0.1, 0.15) is 11.6 Å². The number of halogens is 1. The van der Waals surface area contributed by atoms with Crippen LogP contribution in [0.15, 0.2) is 48.5 Å². The number of nitrogens with zero attached hydrogens (tertiary/aromatic N) is 2. The van der Waals surface area contributed by atoms with Crippen LogP contribution < -0.4 is 9.64 Å². The number of hydrogen-bond acceptors (Lipinski definition) is 3. The number of carbonyl (C=O) groups excluding carboxylic acids is 2. The van der Waals surface area contributed by atoms with Gasteiger partial charge in [-0.3, -0.25) is 9.59 Å². The Labute approximate surface area is 157 Å². The fraction of sp³-hybridized carbons (Fsp3) is 0.333. The molecule has 140 valence electrons. The molecule has 0 saturated carbocycles. The summed E-state index contributed by atoms with van der Waals surface area (Å²) in [4.78, 5) is 28.9. The minimum atomic E-state index is -0.360. The molecular formula is C21H21FN2O3. The van der Waals surface area contributed by atoms with E-state index in [2.05, 4.69) is 0 Å². The van der Waals surface area contributed by atoms with E-state index >= 15 is 0 Å². The van der Waals surface area contributed by atoms with E-state index in [9.17, 15) is 14.0 Å². The van der Waals surface area contributed by atoms with Crippen LogP contribution in [-0.2, 0) is 4.79 Å². The van der Waals surface area contributed by atoms with Gasteiger partial charge in [-0.2, -0.15) is 0 Å². The Balaban J connectivity index is 1.48. The molecule has 27 heavy (non-hydrogen) atoms. The molecule has 2 saturated heterocycles. The molecule has 0 radical (unpaired) electrons. The van der Waals surface area contributed by atoms with Crippen LogP contribution >= 0.6 is 0 Å². The summed E-state index contributed by atoms with van der Waals surface area (Å²) in [7, 11) is 1.61. The van der Waals surface area contributed by atoms with E-state index in [1.54, 1.807) is 16.9 Å². The van der Waals surface area contributed by atoms with Crippen LogP contribution in [0.3, 0.4) is 0 Å². The van der Waals surface area contributed by atoms with Crippen molar-refractivity contribution in [1.82, 2.24) is 4.90 Å². The number of amides is 2. The quantitative estimate of drug-likeness (QED) is 0.837. The first-order chi connectivity index (χ1) is 13.0. The zero-order valence-corrected chi connectivity index (χ0v) is 15.2. The summed E-state index contributed by atoms with van der Waals surface area (Å²) >= 11 is 0. The fourth-order valence-electron chi connectivity index (χ4n) is 4.05. The molecule has 0 N–H and O–H groups in total. The number of hydrogen-bond donors (Lipinski definition) is 0. The molecule has 0 aromatic heterocycles. The maximum atomic E-state index is 13.1. The number of benzene rings is 2. The molecule has 4 rings (SSSR count). The molecular weight excluding hydrogens is 347 g/mol. The Morgan fingerprint density at radius 1 is 1.07 bits per heavy atom. The lowest BCUT2D eigenvalue weighted by molar-refractivity contribution is -0.117. The van der Waals surface area contributed by atoms with Crippen LogP contribution in [0, 0.1) is 11.2 Å². The van der Waals surface area contributed by atoms with Gasteiger partial charge in [0.05, 0.1) is 7.11 Å². The Bertz CT molecular complexity index is 866.